The maximum atomic E-state index is 5.95. The summed E-state index contributed by atoms with van der Waals surface area (Å²) in [5, 5.41) is 12.0. The minimum atomic E-state index is 0.381. The van der Waals surface area contributed by atoms with Crippen LogP contribution >= 0.6 is 0 Å². The van der Waals surface area contributed by atoms with E-state index >= 15 is 0 Å². The number of hydrogen-bond donors (Lipinski definition) is 2. The Labute approximate surface area is 122 Å². The number of aromatic nitrogens is 5. The van der Waals surface area contributed by atoms with Gasteiger partial charge in [0.05, 0.1) is 11.9 Å². The molecule has 110 valence electrons. The van der Waals surface area contributed by atoms with Crippen molar-refractivity contribution in [2.75, 3.05) is 11.1 Å². The molecule has 0 bridgehead atoms. The number of nitrogens with one attached hydrogen (secondary N) is 1. The Balaban J connectivity index is 1.88. The van der Waals surface area contributed by atoms with Crippen LogP contribution in [0.5, 0.6) is 0 Å². The molecule has 3 rings (SSSR count). The molecule has 0 saturated carbocycles. The van der Waals surface area contributed by atoms with Crippen molar-refractivity contribution >= 4 is 17.2 Å². The average Bonchev–Trinajstić information content (AvgIpc) is 3.03. The van der Waals surface area contributed by atoms with Crippen molar-refractivity contribution in [1.82, 2.24) is 24.4 Å². The topological polar surface area (TPSA) is 86.1 Å². The van der Waals surface area contributed by atoms with E-state index in [1.165, 1.54) is 0 Å². The van der Waals surface area contributed by atoms with Crippen LogP contribution in [0.1, 0.15) is 31.0 Å². The van der Waals surface area contributed by atoms with Crippen LogP contribution in [0, 0.1) is 0 Å². The van der Waals surface area contributed by atoms with Gasteiger partial charge in [0.15, 0.2) is 5.82 Å². The first-order valence-corrected chi connectivity index (χ1v) is 6.90. The fraction of sp³-hybridized carbons (Fsp3) is 0.357. The summed E-state index contributed by atoms with van der Waals surface area (Å²) in [7, 11) is 1.82. The highest BCUT2D eigenvalue weighted by molar-refractivity contribution is 5.68. The highest BCUT2D eigenvalue weighted by Gasteiger charge is 2.10. The van der Waals surface area contributed by atoms with Crippen LogP contribution in [0.25, 0.3) is 5.52 Å². The highest BCUT2D eigenvalue weighted by atomic mass is 15.3. The van der Waals surface area contributed by atoms with Crippen molar-refractivity contribution in [2.45, 2.75) is 26.3 Å². The van der Waals surface area contributed by atoms with E-state index in [4.69, 9.17) is 5.73 Å². The van der Waals surface area contributed by atoms with Crippen molar-refractivity contribution in [1.29, 1.82) is 0 Å². The summed E-state index contributed by atoms with van der Waals surface area (Å²) in [5.41, 5.74) is 8.90. The van der Waals surface area contributed by atoms with Crippen molar-refractivity contribution in [3.63, 3.8) is 0 Å². The lowest BCUT2D eigenvalue weighted by atomic mass is 10.1. The summed E-state index contributed by atoms with van der Waals surface area (Å²) in [6.45, 7) is 4.83. The van der Waals surface area contributed by atoms with Gasteiger partial charge in [-0.2, -0.15) is 10.2 Å². The Morgan fingerprint density at radius 2 is 2.19 bits per heavy atom. The van der Waals surface area contributed by atoms with E-state index < -0.39 is 0 Å². The normalized spacial score (nSPS) is 11.4. The number of rotatable bonds is 4. The summed E-state index contributed by atoms with van der Waals surface area (Å²) in [4.78, 5) is 4.39. The smallest absolute Gasteiger partial charge is 0.152 e. The largest absolute Gasteiger partial charge is 0.384 e. The predicted octanol–water partition coefficient (Wildman–Crippen LogP) is 1.78. The molecule has 3 heterocycles. The Kier molecular flexibility index (Phi) is 3.25. The Morgan fingerprint density at radius 1 is 1.38 bits per heavy atom. The van der Waals surface area contributed by atoms with E-state index in [0.717, 1.165) is 22.6 Å². The Hall–Kier alpha value is -2.57. The van der Waals surface area contributed by atoms with Crippen LogP contribution in [0.4, 0.5) is 11.6 Å². The van der Waals surface area contributed by atoms with Gasteiger partial charge in [0.25, 0.3) is 0 Å². The minimum Gasteiger partial charge on any atom is -0.384 e. The molecule has 3 aromatic heterocycles. The molecule has 0 amide bonds. The van der Waals surface area contributed by atoms with Crippen LogP contribution in [-0.2, 0) is 13.6 Å². The molecule has 0 aliphatic rings. The van der Waals surface area contributed by atoms with Gasteiger partial charge in [-0.15, -0.1) is 0 Å². The van der Waals surface area contributed by atoms with E-state index in [1.54, 1.807) is 17.1 Å². The van der Waals surface area contributed by atoms with Gasteiger partial charge >= 0.3 is 0 Å². The molecule has 7 nitrogen and oxygen atoms in total. The summed E-state index contributed by atoms with van der Waals surface area (Å²) in [6, 6.07) is 2.06. The standard InChI is InChI=1S/C14H19N7/c1-9(2)11-6-12-14(16-4-5-21(12)19-11)17-7-10-8-18-20(3)13(10)15/h4-6,8-9H,7,15H2,1-3H3,(H,16,17). The van der Waals surface area contributed by atoms with Gasteiger partial charge in [0.2, 0.25) is 0 Å². The molecular formula is C14H19N7. The van der Waals surface area contributed by atoms with Gasteiger partial charge in [0.1, 0.15) is 11.3 Å². The maximum Gasteiger partial charge on any atom is 0.152 e. The van der Waals surface area contributed by atoms with Crippen LogP contribution in [0.2, 0.25) is 0 Å². The first kappa shape index (κ1) is 13.4. The van der Waals surface area contributed by atoms with Crippen LogP contribution in [-0.4, -0.2) is 24.4 Å². The van der Waals surface area contributed by atoms with E-state index in [1.807, 2.05) is 17.8 Å². The summed E-state index contributed by atoms with van der Waals surface area (Å²) in [6.07, 6.45) is 5.35. The maximum absolute atomic E-state index is 5.95. The molecule has 3 aromatic rings. The molecule has 0 aromatic carbocycles. The zero-order valence-electron chi connectivity index (χ0n) is 12.4. The predicted molar refractivity (Wildman–Crippen MR) is 82.0 cm³/mol. The molecule has 7 heteroatoms. The van der Waals surface area contributed by atoms with Crippen molar-refractivity contribution in [3.8, 4) is 0 Å². The third-order valence-electron chi connectivity index (χ3n) is 3.51. The third-order valence-corrected chi connectivity index (χ3v) is 3.51. The molecule has 0 radical (unpaired) electrons. The second kappa shape index (κ2) is 5.08. The molecule has 0 unspecified atom stereocenters. The third kappa shape index (κ3) is 2.42. The van der Waals surface area contributed by atoms with Crippen molar-refractivity contribution < 1.29 is 0 Å². The van der Waals surface area contributed by atoms with Gasteiger partial charge in [-0.25, -0.2) is 9.50 Å². The van der Waals surface area contributed by atoms with E-state index in [2.05, 4.69) is 40.4 Å². The molecule has 0 aliphatic carbocycles. The first-order valence-electron chi connectivity index (χ1n) is 6.90. The number of nitrogen functional groups attached to an aromatic ring is 1. The van der Waals surface area contributed by atoms with Gasteiger partial charge < -0.3 is 11.1 Å². The number of nitrogens with zero attached hydrogens (tertiary/aromatic N) is 5. The van der Waals surface area contributed by atoms with E-state index in [9.17, 15) is 0 Å². The van der Waals surface area contributed by atoms with Crippen molar-refractivity contribution in [2.24, 2.45) is 7.05 Å². The number of anilines is 2. The molecule has 0 fully saturated rings. The SMILES string of the molecule is CC(C)c1cc2c(NCc3cnn(C)c3N)nccn2n1. The second-order valence-electron chi connectivity index (χ2n) is 5.36. The van der Waals surface area contributed by atoms with Crippen LogP contribution in [0.3, 0.4) is 0 Å². The Morgan fingerprint density at radius 3 is 2.86 bits per heavy atom. The monoisotopic (exact) mass is 285 g/mol. The first-order chi connectivity index (χ1) is 10.1. The number of aryl methyl sites for hydroxylation is 1. The highest BCUT2D eigenvalue weighted by Crippen LogP contribution is 2.21. The zero-order chi connectivity index (χ0) is 15.0. The fourth-order valence-corrected chi connectivity index (χ4v) is 2.17. The lowest BCUT2D eigenvalue weighted by Crippen LogP contribution is -2.06. The van der Waals surface area contributed by atoms with Crippen molar-refractivity contribution in [3.05, 3.63) is 35.9 Å². The van der Waals surface area contributed by atoms with E-state index in [0.29, 0.717) is 18.3 Å². The molecule has 21 heavy (non-hydrogen) atoms. The average molecular weight is 285 g/mol. The van der Waals surface area contributed by atoms with Gasteiger partial charge in [-0.1, -0.05) is 13.8 Å². The number of hydrogen-bond acceptors (Lipinski definition) is 5. The second-order valence-corrected chi connectivity index (χ2v) is 5.36. The van der Waals surface area contributed by atoms with Gasteiger partial charge in [-0.3, -0.25) is 4.68 Å². The molecule has 0 saturated heterocycles. The minimum absolute atomic E-state index is 0.381. The Bertz CT molecular complexity index is 769. The molecule has 0 atom stereocenters. The van der Waals surface area contributed by atoms with E-state index in [-0.39, 0.29) is 0 Å². The molecule has 0 aliphatic heterocycles. The summed E-state index contributed by atoms with van der Waals surface area (Å²) < 4.78 is 3.50. The zero-order valence-corrected chi connectivity index (χ0v) is 12.4. The number of nitrogens with two attached hydrogens (primary N) is 1. The van der Waals surface area contributed by atoms with Crippen LogP contribution < -0.4 is 11.1 Å². The lowest BCUT2D eigenvalue weighted by molar-refractivity contribution is 0.778. The van der Waals surface area contributed by atoms with Gasteiger partial charge in [0, 0.05) is 31.5 Å². The quantitative estimate of drug-likeness (QED) is 0.763. The van der Waals surface area contributed by atoms with Crippen LogP contribution in [0.15, 0.2) is 24.7 Å². The van der Waals surface area contributed by atoms with Gasteiger partial charge in [-0.05, 0) is 12.0 Å². The molecular weight excluding hydrogens is 266 g/mol. The summed E-state index contributed by atoms with van der Waals surface area (Å²) >= 11 is 0. The molecule has 0 spiro atoms. The number of fused-ring (bicyclic) bond motifs is 1. The lowest BCUT2D eigenvalue weighted by Gasteiger charge is -2.06. The fourth-order valence-electron chi connectivity index (χ4n) is 2.17. The molecule has 3 N–H and O–H groups in total. The summed E-state index contributed by atoms with van der Waals surface area (Å²) in [5.74, 6) is 1.83.